The van der Waals surface area contributed by atoms with Crippen molar-refractivity contribution in [3.05, 3.63) is 73.6 Å². The molecule has 2 aromatic rings. The van der Waals surface area contributed by atoms with Crippen LogP contribution in [0, 0.1) is 5.82 Å². The first-order valence-electron chi connectivity index (χ1n) is 13.3. The van der Waals surface area contributed by atoms with E-state index in [0.717, 1.165) is 61.1 Å². The Balaban J connectivity index is 1.79. The lowest BCUT2D eigenvalue weighted by Crippen LogP contribution is -2.41. The van der Waals surface area contributed by atoms with Crippen LogP contribution in [0.3, 0.4) is 0 Å². The van der Waals surface area contributed by atoms with Gasteiger partial charge >= 0.3 is 19.4 Å². The van der Waals surface area contributed by atoms with Crippen molar-refractivity contribution in [1.82, 2.24) is 14.6 Å². The van der Waals surface area contributed by atoms with Crippen molar-refractivity contribution in [3.63, 3.8) is 0 Å². The Morgan fingerprint density at radius 1 is 1.24 bits per heavy atom. The fourth-order valence-electron chi connectivity index (χ4n) is 4.09. The number of ether oxygens (including phenoxy) is 2. The molecular weight excluding hydrogens is 578 g/mol. The Morgan fingerprint density at radius 2 is 1.93 bits per heavy atom. The summed E-state index contributed by atoms with van der Waals surface area (Å²) >= 11 is 0. The number of carbonyl (C=O) groups excluding carboxylic acids is 1. The normalized spacial score (nSPS) is 18.1. The zero-order valence-electron chi connectivity index (χ0n) is 23.1. The molecule has 1 aromatic heterocycles. The summed E-state index contributed by atoms with van der Waals surface area (Å²) in [5, 5.41) is 16.3. The van der Waals surface area contributed by atoms with Crippen molar-refractivity contribution in [2.45, 2.75) is 76.5 Å². The van der Waals surface area contributed by atoms with Gasteiger partial charge in [-0.15, -0.1) is 0 Å². The monoisotopic (exact) mass is 612 g/mol. The molecule has 5 atom stereocenters. The number of carbonyl (C=O) groups is 1. The average Bonchev–Trinajstić information content (AvgIpc) is 2.94. The number of halogens is 1. The number of hydrogen-bond acceptors (Lipinski definition) is 10. The van der Waals surface area contributed by atoms with E-state index in [2.05, 4.69) is 15.1 Å². The van der Waals surface area contributed by atoms with Crippen LogP contribution < -0.4 is 20.9 Å². The largest absolute Gasteiger partial charge is 0.461 e. The fourth-order valence-corrected chi connectivity index (χ4v) is 5.59. The lowest BCUT2D eigenvalue weighted by Gasteiger charge is -2.29. The SMILES string of the molecule is CC(O)[C@@H](COP(=O)(N[C@@H](C)C(=O)OC1CCCCC1)Oc1ccc(F)cc1)O[C@@H](CN=[N+]=[N-])n1ccc(=O)[nH]c1=O. The first kappa shape index (κ1) is 33.0. The number of hydrogen-bond donors (Lipinski definition) is 3. The van der Waals surface area contributed by atoms with Crippen LogP contribution in [0.2, 0.25) is 0 Å². The highest BCUT2D eigenvalue weighted by Gasteiger charge is 2.35. The van der Waals surface area contributed by atoms with E-state index < -0.39 is 68.4 Å². The lowest BCUT2D eigenvalue weighted by molar-refractivity contribution is -0.152. The standard InChI is InChI=1S/C25H34FN6O9P/c1-16(24(35)39-19-6-4-3-5-7-19)30-42(37,41-20-10-8-18(26)9-11-20)38-15-21(17(2)33)40-23(14-28-31-27)32-13-12-22(34)29-25(32)36/h8-13,16-17,19,21,23,33H,3-7,14-15H2,1-2H3,(H,30,37)(H,29,34,36)/t16-,17?,21+,23-,42?/m0/s1. The third-order valence-corrected chi connectivity index (χ3v) is 7.96. The number of aromatic amines is 1. The molecule has 42 heavy (non-hydrogen) atoms. The minimum Gasteiger partial charge on any atom is -0.461 e. The number of aliphatic hydroxyl groups excluding tert-OH is 1. The first-order chi connectivity index (χ1) is 20.0. The highest BCUT2D eigenvalue weighted by Crippen LogP contribution is 2.45. The molecule has 1 aliphatic rings. The number of rotatable bonds is 15. The van der Waals surface area contributed by atoms with E-state index in [4.69, 9.17) is 24.1 Å². The molecule has 3 rings (SSSR count). The van der Waals surface area contributed by atoms with Gasteiger partial charge in [0.2, 0.25) is 0 Å². The zero-order chi connectivity index (χ0) is 30.7. The van der Waals surface area contributed by atoms with Crippen LogP contribution in [0.4, 0.5) is 4.39 Å². The van der Waals surface area contributed by atoms with Gasteiger partial charge in [-0.1, -0.05) is 11.5 Å². The molecular formula is C25H34FN6O9P. The molecule has 0 saturated heterocycles. The molecule has 2 unspecified atom stereocenters. The number of aliphatic hydroxyl groups is 1. The molecule has 3 N–H and O–H groups in total. The molecule has 0 radical (unpaired) electrons. The van der Waals surface area contributed by atoms with Crippen molar-refractivity contribution in [2.24, 2.45) is 5.11 Å². The second-order valence-corrected chi connectivity index (χ2v) is 11.4. The van der Waals surface area contributed by atoms with Gasteiger partial charge < -0.3 is 19.1 Å². The molecule has 0 bridgehead atoms. The summed E-state index contributed by atoms with van der Waals surface area (Å²) in [6.45, 7) is 1.71. The quantitative estimate of drug-likeness (QED) is 0.0879. The molecule has 1 aliphatic carbocycles. The lowest BCUT2D eigenvalue weighted by atomic mass is 9.98. The van der Waals surface area contributed by atoms with Gasteiger partial charge in [0.1, 0.15) is 36.0 Å². The van der Waals surface area contributed by atoms with E-state index in [1.54, 1.807) is 0 Å². The number of nitrogens with one attached hydrogen (secondary N) is 2. The third kappa shape index (κ3) is 10.1. The van der Waals surface area contributed by atoms with Crippen molar-refractivity contribution in [2.75, 3.05) is 13.2 Å². The number of aromatic nitrogens is 2. The van der Waals surface area contributed by atoms with Crippen molar-refractivity contribution >= 4 is 13.7 Å². The Kier molecular flexibility index (Phi) is 12.3. The van der Waals surface area contributed by atoms with Gasteiger partial charge in [-0.05, 0) is 69.3 Å². The topological polar surface area (TPSA) is 207 Å². The van der Waals surface area contributed by atoms with Gasteiger partial charge in [-0.3, -0.25) is 23.7 Å². The second-order valence-electron chi connectivity index (χ2n) is 9.69. The number of nitrogens with zero attached hydrogens (tertiary/aromatic N) is 4. The Labute approximate surface area is 240 Å². The van der Waals surface area contributed by atoms with Crippen molar-refractivity contribution in [1.29, 1.82) is 0 Å². The smallest absolute Gasteiger partial charge is 0.459 e. The number of esters is 1. The summed E-state index contributed by atoms with van der Waals surface area (Å²) < 4.78 is 50.7. The van der Waals surface area contributed by atoms with E-state index in [-0.39, 0.29) is 11.9 Å². The Bertz CT molecular complexity index is 1390. The molecule has 1 aromatic carbocycles. The molecule has 1 heterocycles. The fraction of sp³-hybridized carbons (Fsp3) is 0.560. The highest BCUT2D eigenvalue weighted by atomic mass is 31.2. The summed E-state index contributed by atoms with van der Waals surface area (Å²) in [5.41, 5.74) is 7.24. The summed E-state index contributed by atoms with van der Waals surface area (Å²) in [5.74, 6) is -1.29. The van der Waals surface area contributed by atoms with Gasteiger partial charge in [-0.25, -0.2) is 13.8 Å². The molecule has 0 aliphatic heterocycles. The maximum atomic E-state index is 13.9. The van der Waals surface area contributed by atoms with E-state index in [9.17, 15) is 28.4 Å². The van der Waals surface area contributed by atoms with Crippen LogP contribution in [-0.4, -0.2) is 58.1 Å². The van der Waals surface area contributed by atoms with Crippen LogP contribution in [0.25, 0.3) is 10.4 Å². The maximum absolute atomic E-state index is 13.9. The van der Waals surface area contributed by atoms with E-state index in [1.807, 2.05) is 4.98 Å². The first-order valence-corrected chi connectivity index (χ1v) is 14.9. The maximum Gasteiger partial charge on any atom is 0.459 e. The van der Waals surface area contributed by atoms with E-state index in [1.165, 1.54) is 26.0 Å². The summed E-state index contributed by atoms with van der Waals surface area (Å²) in [4.78, 5) is 41.3. The van der Waals surface area contributed by atoms with Crippen LogP contribution in [0.5, 0.6) is 5.75 Å². The predicted molar refractivity (Wildman–Crippen MR) is 147 cm³/mol. The van der Waals surface area contributed by atoms with Crippen LogP contribution in [-0.2, 0) is 23.4 Å². The predicted octanol–water partition coefficient (Wildman–Crippen LogP) is 3.31. The highest BCUT2D eigenvalue weighted by molar-refractivity contribution is 7.52. The van der Waals surface area contributed by atoms with Crippen molar-refractivity contribution < 1.29 is 37.4 Å². The molecule has 1 fully saturated rings. The molecule has 1 saturated carbocycles. The average molecular weight is 613 g/mol. The second kappa shape index (κ2) is 15.6. The van der Waals surface area contributed by atoms with Gasteiger partial charge in [-0.2, -0.15) is 5.09 Å². The zero-order valence-corrected chi connectivity index (χ0v) is 24.0. The van der Waals surface area contributed by atoms with E-state index in [0.29, 0.717) is 0 Å². The molecule has 15 nitrogen and oxygen atoms in total. The van der Waals surface area contributed by atoms with Crippen LogP contribution in [0.15, 0.2) is 51.2 Å². The number of H-pyrrole nitrogens is 1. The molecule has 17 heteroatoms. The van der Waals surface area contributed by atoms with E-state index >= 15 is 0 Å². The molecule has 230 valence electrons. The summed E-state index contributed by atoms with van der Waals surface area (Å²) in [6.07, 6.45) is 1.34. The summed E-state index contributed by atoms with van der Waals surface area (Å²) in [7, 11) is -4.43. The number of azide groups is 1. The molecule has 0 spiro atoms. The van der Waals surface area contributed by atoms with Crippen LogP contribution in [0.1, 0.15) is 52.2 Å². The Morgan fingerprint density at radius 3 is 2.55 bits per heavy atom. The van der Waals surface area contributed by atoms with Gasteiger partial charge in [0.15, 0.2) is 0 Å². The number of benzene rings is 1. The Hall–Kier alpha value is -3.52. The summed E-state index contributed by atoms with van der Waals surface area (Å²) in [6, 6.07) is 4.46. The van der Waals surface area contributed by atoms with Crippen molar-refractivity contribution in [3.8, 4) is 5.75 Å². The molecule has 0 amide bonds. The van der Waals surface area contributed by atoms with Gasteiger partial charge in [0.05, 0.1) is 19.3 Å². The minimum absolute atomic E-state index is 0.0457. The minimum atomic E-state index is -4.43. The van der Waals surface area contributed by atoms with Gasteiger partial charge in [0, 0.05) is 17.2 Å². The van der Waals surface area contributed by atoms with Crippen LogP contribution >= 0.6 is 7.75 Å². The third-order valence-electron chi connectivity index (χ3n) is 6.32. The van der Waals surface area contributed by atoms with Gasteiger partial charge in [0.25, 0.3) is 5.56 Å².